The Bertz CT molecular complexity index is 458. The van der Waals surface area contributed by atoms with Gasteiger partial charge in [-0.3, -0.25) is 0 Å². The van der Waals surface area contributed by atoms with E-state index in [2.05, 4.69) is 31.0 Å². The zero-order valence-corrected chi connectivity index (χ0v) is 12.5. The molecule has 17 heavy (non-hydrogen) atoms. The van der Waals surface area contributed by atoms with E-state index in [1.54, 1.807) is 16.7 Å². The molecule has 1 nitrogen and oxygen atoms in total. The summed E-state index contributed by atoms with van der Waals surface area (Å²) in [5.41, 5.74) is 6.25. The van der Waals surface area contributed by atoms with Crippen LogP contribution in [-0.4, -0.2) is 13.1 Å². The molecule has 1 aromatic carbocycles. The molecular weight excluding hydrogens is 321 g/mol. The molecule has 2 aliphatic heterocycles. The molecule has 1 unspecified atom stereocenters. The van der Waals surface area contributed by atoms with Crippen LogP contribution in [0.1, 0.15) is 41.0 Å². The molecule has 2 heteroatoms. The third-order valence-electron chi connectivity index (χ3n) is 4.03. The summed E-state index contributed by atoms with van der Waals surface area (Å²) in [5, 5.41) is 3.53. The topological polar surface area (TPSA) is 12.0 Å². The molecule has 0 spiro atoms. The molecular formula is C15H19IN-. The fourth-order valence-electron chi connectivity index (χ4n) is 2.98. The Balaban J connectivity index is 1.99. The van der Waals surface area contributed by atoms with Crippen LogP contribution in [-0.2, 0) is 4.43 Å². The van der Waals surface area contributed by atoms with Gasteiger partial charge in [-0.1, -0.05) is 0 Å². The van der Waals surface area contributed by atoms with Crippen LogP contribution in [0.4, 0.5) is 0 Å². The number of nitrogens with one attached hydrogen (secondary N) is 1. The van der Waals surface area contributed by atoms with E-state index in [0.717, 1.165) is 12.5 Å². The van der Waals surface area contributed by atoms with Crippen molar-refractivity contribution in [1.82, 2.24) is 5.32 Å². The number of hydrogen-bond acceptors (Lipinski definition) is 1. The molecule has 1 aromatic rings. The monoisotopic (exact) mass is 340 g/mol. The van der Waals surface area contributed by atoms with Crippen LogP contribution < -0.4 is 26.5 Å². The summed E-state index contributed by atoms with van der Waals surface area (Å²) in [6, 6.07) is 4.70. The van der Waals surface area contributed by atoms with E-state index in [1.165, 1.54) is 33.0 Å². The molecule has 92 valence electrons. The van der Waals surface area contributed by atoms with Crippen LogP contribution in [0, 0.1) is 6.92 Å². The molecule has 2 aliphatic rings. The van der Waals surface area contributed by atoms with Crippen molar-refractivity contribution >= 4 is 3.58 Å². The number of benzene rings is 1. The molecule has 1 saturated heterocycles. The van der Waals surface area contributed by atoms with Crippen LogP contribution in [0.15, 0.2) is 18.7 Å². The van der Waals surface area contributed by atoms with Gasteiger partial charge in [-0.05, 0) is 0 Å². The van der Waals surface area contributed by atoms with Crippen LogP contribution in [0.25, 0.3) is 3.58 Å². The first-order valence-electron chi connectivity index (χ1n) is 6.39. The molecule has 0 amide bonds. The summed E-state index contributed by atoms with van der Waals surface area (Å²) in [4.78, 5) is 0. The molecule has 1 N–H and O–H groups in total. The van der Waals surface area contributed by atoms with E-state index in [0.29, 0.717) is 0 Å². The number of alkyl halides is 1. The van der Waals surface area contributed by atoms with E-state index < -0.39 is 0 Å². The fraction of sp³-hybridized carbons (Fsp3) is 0.467. The van der Waals surface area contributed by atoms with E-state index in [9.17, 15) is 0 Å². The maximum absolute atomic E-state index is 4.22. The van der Waals surface area contributed by atoms with Gasteiger partial charge in [-0.15, -0.1) is 0 Å². The van der Waals surface area contributed by atoms with Gasteiger partial charge in [0.1, 0.15) is 0 Å². The number of piperidine rings is 1. The van der Waals surface area contributed by atoms with Crippen LogP contribution >= 0.6 is 0 Å². The van der Waals surface area contributed by atoms with Crippen molar-refractivity contribution in [1.29, 1.82) is 0 Å². The number of rotatable bonds is 1. The predicted octanol–water partition coefficient (Wildman–Crippen LogP) is 0.0353. The SMILES string of the molecule is C=C1[I-]Cc2c1ccc(C1CCCNC1)c2C. The Morgan fingerprint density at radius 3 is 3.06 bits per heavy atom. The van der Waals surface area contributed by atoms with Gasteiger partial charge in [0.2, 0.25) is 0 Å². The summed E-state index contributed by atoms with van der Waals surface area (Å²) < 4.78 is 2.75. The van der Waals surface area contributed by atoms with Crippen molar-refractivity contribution < 1.29 is 21.2 Å². The molecule has 3 rings (SSSR count). The molecule has 0 bridgehead atoms. The average molecular weight is 340 g/mol. The van der Waals surface area contributed by atoms with Crippen molar-refractivity contribution in [2.24, 2.45) is 0 Å². The minimum atomic E-state index is 0.191. The Labute approximate surface area is 114 Å². The van der Waals surface area contributed by atoms with Gasteiger partial charge in [-0.25, -0.2) is 0 Å². The van der Waals surface area contributed by atoms with Gasteiger partial charge in [0.15, 0.2) is 0 Å². The summed E-state index contributed by atoms with van der Waals surface area (Å²) in [7, 11) is 0. The van der Waals surface area contributed by atoms with Gasteiger partial charge >= 0.3 is 114 Å². The summed E-state index contributed by atoms with van der Waals surface area (Å²) in [6.45, 7) is 8.90. The predicted molar refractivity (Wildman–Crippen MR) is 68.8 cm³/mol. The van der Waals surface area contributed by atoms with Gasteiger partial charge in [-0.2, -0.15) is 0 Å². The third kappa shape index (κ3) is 2.06. The van der Waals surface area contributed by atoms with E-state index >= 15 is 0 Å². The Morgan fingerprint density at radius 2 is 2.29 bits per heavy atom. The zero-order valence-electron chi connectivity index (χ0n) is 10.4. The van der Waals surface area contributed by atoms with Crippen molar-refractivity contribution in [2.75, 3.05) is 13.1 Å². The Kier molecular flexibility index (Phi) is 3.26. The molecule has 0 aliphatic carbocycles. The summed E-state index contributed by atoms with van der Waals surface area (Å²) in [5.74, 6) is 0.737. The number of hydrogen-bond donors (Lipinski definition) is 1. The Hall–Kier alpha value is -0.350. The van der Waals surface area contributed by atoms with E-state index in [4.69, 9.17) is 0 Å². The molecule has 0 saturated carbocycles. The van der Waals surface area contributed by atoms with E-state index in [1.807, 2.05) is 0 Å². The number of halogens is 1. The first-order chi connectivity index (χ1) is 8.27. The maximum atomic E-state index is 4.22. The van der Waals surface area contributed by atoms with Crippen molar-refractivity contribution in [3.05, 3.63) is 41.0 Å². The summed E-state index contributed by atoms with van der Waals surface area (Å²) in [6.07, 6.45) is 2.67. The normalized spacial score (nSPS) is 24.3. The van der Waals surface area contributed by atoms with Crippen LogP contribution in [0.5, 0.6) is 0 Å². The second-order valence-corrected chi connectivity index (χ2v) is 7.85. The second-order valence-electron chi connectivity index (χ2n) is 5.02. The minimum absolute atomic E-state index is 0.191. The Morgan fingerprint density at radius 1 is 1.41 bits per heavy atom. The zero-order chi connectivity index (χ0) is 11.8. The molecule has 1 atom stereocenters. The van der Waals surface area contributed by atoms with Crippen molar-refractivity contribution in [2.45, 2.75) is 30.1 Å². The molecule has 0 aromatic heterocycles. The first-order valence-corrected chi connectivity index (χ1v) is 8.99. The van der Waals surface area contributed by atoms with Gasteiger partial charge < -0.3 is 0 Å². The van der Waals surface area contributed by atoms with E-state index in [-0.39, 0.29) is 21.2 Å². The van der Waals surface area contributed by atoms with Gasteiger partial charge in [0.25, 0.3) is 0 Å². The standard InChI is InChI=1S/C15H19IN/c1-10-13(12-4-3-7-17-9-12)5-6-14-11(2)16-8-15(10)14/h5-6,12,17H,2-4,7-9H2,1H3/q-1. The molecule has 1 fully saturated rings. The molecule has 2 heterocycles. The fourth-order valence-corrected chi connectivity index (χ4v) is 5.72. The van der Waals surface area contributed by atoms with Gasteiger partial charge in [0.05, 0.1) is 0 Å². The molecule has 0 radical (unpaired) electrons. The van der Waals surface area contributed by atoms with Crippen molar-refractivity contribution in [3.63, 3.8) is 0 Å². The number of fused-ring (bicyclic) bond motifs is 1. The summed E-state index contributed by atoms with van der Waals surface area (Å²) >= 11 is 0.191. The third-order valence-corrected chi connectivity index (χ3v) is 6.68. The average Bonchev–Trinajstić information content (AvgIpc) is 2.74. The first kappa shape index (κ1) is 11.7. The van der Waals surface area contributed by atoms with Crippen LogP contribution in [0.2, 0.25) is 0 Å². The van der Waals surface area contributed by atoms with Gasteiger partial charge in [0, 0.05) is 0 Å². The quantitative estimate of drug-likeness (QED) is 0.562. The van der Waals surface area contributed by atoms with Crippen LogP contribution in [0.3, 0.4) is 0 Å². The van der Waals surface area contributed by atoms with Crippen molar-refractivity contribution in [3.8, 4) is 0 Å². The second kappa shape index (κ2) is 4.73.